The highest BCUT2D eigenvalue weighted by Gasteiger charge is 2.23. The van der Waals surface area contributed by atoms with E-state index in [4.69, 9.17) is 0 Å². The van der Waals surface area contributed by atoms with Crippen LogP contribution in [0.1, 0.15) is 17.1 Å². The fraction of sp³-hybridized carbons (Fsp3) is 0.462. The number of fused-ring (bicyclic) bond motifs is 1. The zero-order chi connectivity index (χ0) is 15.0. The minimum atomic E-state index is -3.43. The zero-order valence-corrected chi connectivity index (χ0v) is 14.8. The number of nitrogens with one attached hydrogen (secondary N) is 1. The number of imidazole rings is 1. The van der Waals surface area contributed by atoms with Crippen LogP contribution in [-0.2, 0) is 23.0 Å². The van der Waals surface area contributed by atoms with Gasteiger partial charge in [0.05, 0.1) is 8.68 Å². The molecular formula is C13H16BrN3O2S2. The molecule has 0 aromatic carbocycles. The van der Waals surface area contributed by atoms with Gasteiger partial charge >= 0.3 is 0 Å². The molecule has 1 atom stereocenters. The summed E-state index contributed by atoms with van der Waals surface area (Å²) in [6, 6.07) is 1.66. The second-order valence-corrected chi connectivity index (χ2v) is 9.59. The molecule has 1 N–H and O–H groups in total. The lowest BCUT2D eigenvalue weighted by atomic mass is 10.00. The zero-order valence-electron chi connectivity index (χ0n) is 11.5. The second kappa shape index (κ2) is 5.83. The summed E-state index contributed by atoms with van der Waals surface area (Å²) in [5, 5.41) is 0. The molecule has 0 amide bonds. The molecule has 0 fully saturated rings. The third kappa shape index (κ3) is 3.23. The van der Waals surface area contributed by atoms with E-state index in [0.29, 0.717) is 17.4 Å². The highest BCUT2D eigenvalue weighted by atomic mass is 79.9. The first-order valence-corrected chi connectivity index (χ1v) is 9.80. The van der Waals surface area contributed by atoms with Crippen LogP contribution in [0.5, 0.6) is 0 Å². The van der Waals surface area contributed by atoms with Crippen molar-refractivity contribution in [3.63, 3.8) is 0 Å². The molecule has 1 aliphatic rings. The van der Waals surface area contributed by atoms with Gasteiger partial charge in [-0.1, -0.05) is 0 Å². The van der Waals surface area contributed by atoms with Crippen LogP contribution in [0.15, 0.2) is 27.1 Å². The van der Waals surface area contributed by atoms with E-state index >= 15 is 0 Å². The molecule has 2 aromatic rings. The summed E-state index contributed by atoms with van der Waals surface area (Å²) in [4.78, 5) is 5.46. The summed E-state index contributed by atoms with van der Waals surface area (Å²) in [5.41, 5.74) is 0. The predicted molar refractivity (Wildman–Crippen MR) is 86.0 cm³/mol. The number of aromatic nitrogens is 2. The molecule has 0 radical (unpaired) electrons. The Bertz CT molecular complexity index is 751. The molecule has 0 unspecified atom stereocenters. The first kappa shape index (κ1) is 15.2. The smallest absolute Gasteiger partial charge is 0.241 e. The summed E-state index contributed by atoms with van der Waals surface area (Å²) in [6.07, 6.45) is 5.62. The lowest BCUT2D eigenvalue weighted by Gasteiger charge is -2.23. The Morgan fingerprint density at radius 1 is 1.57 bits per heavy atom. The molecule has 114 valence electrons. The van der Waals surface area contributed by atoms with Gasteiger partial charge < -0.3 is 4.57 Å². The van der Waals surface area contributed by atoms with Crippen molar-refractivity contribution in [3.8, 4) is 0 Å². The van der Waals surface area contributed by atoms with Gasteiger partial charge in [0.25, 0.3) is 0 Å². The molecule has 3 rings (SSSR count). The molecule has 0 aliphatic carbocycles. The van der Waals surface area contributed by atoms with Crippen molar-refractivity contribution in [2.24, 2.45) is 5.92 Å². The van der Waals surface area contributed by atoms with Crippen molar-refractivity contribution in [2.45, 2.75) is 31.2 Å². The molecule has 0 saturated carbocycles. The van der Waals surface area contributed by atoms with Crippen LogP contribution in [0, 0.1) is 12.8 Å². The summed E-state index contributed by atoms with van der Waals surface area (Å²) >= 11 is 4.77. The van der Waals surface area contributed by atoms with E-state index in [0.717, 1.165) is 33.9 Å². The minimum Gasteiger partial charge on any atom is -0.335 e. The van der Waals surface area contributed by atoms with Crippen molar-refractivity contribution < 1.29 is 8.42 Å². The Morgan fingerprint density at radius 2 is 2.38 bits per heavy atom. The normalized spacial score (nSPS) is 18.7. The molecule has 1 aliphatic heterocycles. The quantitative estimate of drug-likeness (QED) is 0.873. The fourth-order valence-corrected chi connectivity index (χ4v) is 6.13. The molecule has 21 heavy (non-hydrogen) atoms. The number of hydrogen-bond donors (Lipinski definition) is 1. The third-order valence-corrected chi connectivity index (χ3v) is 6.96. The van der Waals surface area contributed by atoms with Gasteiger partial charge in [-0.05, 0) is 41.3 Å². The predicted octanol–water partition coefficient (Wildman–Crippen LogP) is 2.56. The van der Waals surface area contributed by atoms with Crippen LogP contribution < -0.4 is 4.72 Å². The summed E-state index contributed by atoms with van der Waals surface area (Å²) in [7, 11) is -3.43. The van der Waals surface area contributed by atoms with Crippen LogP contribution in [0.2, 0.25) is 0 Å². The van der Waals surface area contributed by atoms with Gasteiger partial charge in [0.1, 0.15) is 5.82 Å². The molecule has 0 saturated heterocycles. The van der Waals surface area contributed by atoms with Crippen molar-refractivity contribution >= 4 is 37.3 Å². The molecule has 0 spiro atoms. The van der Waals surface area contributed by atoms with Gasteiger partial charge in [0, 0.05) is 36.8 Å². The first-order valence-electron chi connectivity index (χ1n) is 6.71. The maximum absolute atomic E-state index is 12.4. The molecule has 0 bridgehead atoms. The maximum atomic E-state index is 12.4. The van der Waals surface area contributed by atoms with Crippen molar-refractivity contribution in [1.82, 2.24) is 14.3 Å². The largest absolute Gasteiger partial charge is 0.335 e. The van der Waals surface area contributed by atoms with Crippen molar-refractivity contribution in [2.75, 3.05) is 6.54 Å². The Morgan fingerprint density at radius 3 is 3.10 bits per heavy atom. The van der Waals surface area contributed by atoms with Crippen LogP contribution in [0.25, 0.3) is 0 Å². The number of rotatable bonds is 4. The van der Waals surface area contributed by atoms with Crippen molar-refractivity contribution in [1.29, 1.82) is 0 Å². The topological polar surface area (TPSA) is 64.0 Å². The Labute approximate surface area is 136 Å². The van der Waals surface area contributed by atoms with Crippen molar-refractivity contribution in [3.05, 3.63) is 32.9 Å². The Kier molecular flexibility index (Phi) is 4.22. The number of aryl methyl sites for hydroxylation is 2. The lowest BCUT2D eigenvalue weighted by Crippen LogP contribution is -2.33. The highest BCUT2D eigenvalue weighted by molar-refractivity contribution is 9.11. The number of hydrogen-bond acceptors (Lipinski definition) is 4. The van der Waals surface area contributed by atoms with E-state index in [2.05, 4.69) is 30.2 Å². The SMILES string of the molecule is Cc1sc(Br)cc1S(=O)(=O)NC[C@H]1CCc2nccn2C1. The standard InChI is InChI=1S/C13H16BrN3O2S2/c1-9-11(6-12(14)20-9)21(18,19)16-7-10-2-3-13-15-4-5-17(13)8-10/h4-6,10,16H,2-3,7-8H2,1H3/t10-/m1/s1. The van der Waals surface area contributed by atoms with Gasteiger partial charge in [-0.2, -0.15) is 0 Å². The van der Waals surface area contributed by atoms with E-state index < -0.39 is 10.0 Å². The van der Waals surface area contributed by atoms with Crippen LogP contribution in [0.4, 0.5) is 0 Å². The van der Waals surface area contributed by atoms with Gasteiger partial charge in [-0.25, -0.2) is 18.1 Å². The van der Waals surface area contributed by atoms with Crippen LogP contribution in [-0.4, -0.2) is 24.5 Å². The van der Waals surface area contributed by atoms with Gasteiger partial charge in [0.15, 0.2) is 0 Å². The number of sulfonamides is 1. The van der Waals surface area contributed by atoms with E-state index in [-0.39, 0.29) is 0 Å². The van der Waals surface area contributed by atoms with E-state index in [9.17, 15) is 8.42 Å². The first-order chi connectivity index (χ1) is 9.95. The number of thiophene rings is 1. The average Bonchev–Trinajstić information content (AvgIpc) is 3.02. The maximum Gasteiger partial charge on any atom is 0.241 e. The molecule has 2 aromatic heterocycles. The summed E-state index contributed by atoms with van der Waals surface area (Å²) < 4.78 is 30.4. The molecule has 3 heterocycles. The monoisotopic (exact) mass is 389 g/mol. The number of nitrogens with zero attached hydrogens (tertiary/aromatic N) is 2. The minimum absolute atomic E-state index is 0.309. The van der Waals surface area contributed by atoms with Gasteiger partial charge in [-0.15, -0.1) is 11.3 Å². The Hall–Kier alpha value is -0.700. The van der Waals surface area contributed by atoms with Gasteiger partial charge in [-0.3, -0.25) is 0 Å². The number of halogens is 1. The third-order valence-electron chi connectivity index (χ3n) is 3.73. The fourth-order valence-electron chi connectivity index (χ4n) is 2.61. The molecular weight excluding hydrogens is 374 g/mol. The van der Waals surface area contributed by atoms with E-state index in [1.807, 2.05) is 13.1 Å². The molecule has 5 nitrogen and oxygen atoms in total. The molecule has 8 heteroatoms. The van der Waals surface area contributed by atoms with E-state index in [1.165, 1.54) is 11.3 Å². The van der Waals surface area contributed by atoms with Crippen LogP contribution in [0.3, 0.4) is 0 Å². The summed E-state index contributed by atoms with van der Waals surface area (Å²) in [5.74, 6) is 1.40. The highest BCUT2D eigenvalue weighted by Crippen LogP contribution is 2.29. The second-order valence-electron chi connectivity index (χ2n) is 5.22. The Balaban J connectivity index is 1.67. The van der Waals surface area contributed by atoms with E-state index in [1.54, 1.807) is 12.3 Å². The lowest BCUT2D eigenvalue weighted by molar-refractivity contribution is 0.363. The summed E-state index contributed by atoms with van der Waals surface area (Å²) in [6.45, 7) is 3.11. The van der Waals surface area contributed by atoms with Crippen LogP contribution >= 0.6 is 27.3 Å². The average molecular weight is 390 g/mol. The van der Waals surface area contributed by atoms with Gasteiger partial charge in [0.2, 0.25) is 10.0 Å².